The summed E-state index contributed by atoms with van der Waals surface area (Å²) in [6, 6.07) is 12.3. The average molecular weight is 360 g/mol. The molecule has 0 radical (unpaired) electrons. The molecular weight excluding hydrogens is 340 g/mol. The Morgan fingerprint density at radius 3 is 2.72 bits per heavy atom. The van der Waals surface area contributed by atoms with Crippen LogP contribution in [-0.2, 0) is 16.6 Å². The lowest BCUT2D eigenvalue weighted by Gasteiger charge is -2.20. The zero-order valence-electron chi connectivity index (χ0n) is 13.9. The largest absolute Gasteiger partial charge is 0.478 e. The van der Waals surface area contributed by atoms with Crippen LogP contribution in [0.25, 0.3) is 0 Å². The first kappa shape index (κ1) is 17.3. The molecular formula is C18H20N2O4S. The van der Waals surface area contributed by atoms with Gasteiger partial charge >= 0.3 is 5.97 Å². The molecule has 7 heteroatoms. The highest BCUT2D eigenvalue weighted by Gasteiger charge is 2.29. The Labute approximate surface area is 147 Å². The van der Waals surface area contributed by atoms with Crippen LogP contribution in [0.3, 0.4) is 0 Å². The molecule has 0 bridgehead atoms. The number of nitrogens with one attached hydrogen (secondary N) is 1. The van der Waals surface area contributed by atoms with Gasteiger partial charge < -0.3 is 10.4 Å². The van der Waals surface area contributed by atoms with Crippen molar-refractivity contribution < 1.29 is 18.3 Å². The zero-order chi connectivity index (χ0) is 18.0. The Hall–Kier alpha value is -2.54. The van der Waals surface area contributed by atoms with Crippen LogP contribution in [0.1, 0.15) is 27.9 Å². The monoisotopic (exact) mass is 360 g/mol. The van der Waals surface area contributed by atoms with Crippen molar-refractivity contribution in [1.29, 1.82) is 0 Å². The van der Waals surface area contributed by atoms with Crippen LogP contribution >= 0.6 is 0 Å². The molecule has 0 aromatic heterocycles. The first-order valence-electron chi connectivity index (χ1n) is 8.04. The molecule has 1 fully saturated rings. The summed E-state index contributed by atoms with van der Waals surface area (Å²) in [5.74, 6) is -0.773. The van der Waals surface area contributed by atoms with Gasteiger partial charge in [0.25, 0.3) is 0 Å². The van der Waals surface area contributed by atoms with Crippen molar-refractivity contribution in [2.75, 3.05) is 21.9 Å². The molecule has 1 heterocycles. The van der Waals surface area contributed by atoms with Gasteiger partial charge in [-0.15, -0.1) is 0 Å². The topological polar surface area (TPSA) is 86.7 Å². The predicted octanol–water partition coefficient (Wildman–Crippen LogP) is 2.85. The van der Waals surface area contributed by atoms with Crippen LogP contribution in [-0.4, -0.2) is 31.8 Å². The summed E-state index contributed by atoms with van der Waals surface area (Å²) < 4.78 is 25.8. The Morgan fingerprint density at radius 2 is 2.04 bits per heavy atom. The van der Waals surface area contributed by atoms with E-state index in [4.69, 9.17) is 5.11 Å². The van der Waals surface area contributed by atoms with Gasteiger partial charge in [0.1, 0.15) is 0 Å². The summed E-state index contributed by atoms with van der Waals surface area (Å²) in [5.41, 5.74) is 3.48. The number of hydrogen-bond donors (Lipinski definition) is 2. The van der Waals surface area contributed by atoms with Crippen LogP contribution < -0.4 is 9.62 Å². The lowest BCUT2D eigenvalue weighted by molar-refractivity contribution is 0.0696. The van der Waals surface area contributed by atoms with E-state index in [2.05, 4.69) is 5.32 Å². The Kier molecular flexibility index (Phi) is 4.67. The van der Waals surface area contributed by atoms with Crippen molar-refractivity contribution in [2.45, 2.75) is 19.9 Å². The van der Waals surface area contributed by atoms with Crippen LogP contribution in [0.15, 0.2) is 42.5 Å². The first-order chi connectivity index (χ1) is 11.9. The van der Waals surface area contributed by atoms with Crippen molar-refractivity contribution in [1.82, 2.24) is 0 Å². The Bertz CT molecular complexity index is 909. The van der Waals surface area contributed by atoms with Gasteiger partial charge in [-0.2, -0.15) is 0 Å². The fourth-order valence-electron chi connectivity index (χ4n) is 2.92. The summed E-state index contributed by atoms with van der Waals surface area (Å²) in [6.07, 6.45) is 0.640. The van der Waals surface area contributed by atoms with E-state index < -0.39 is 16.0 Å². The number of sulfonamides is 1. The molecule has 6 nitrogen and oxygen atoms in total. The van der Waals surface area contributed by atoms with E-state index in [0.717, 1.165) is 16.8 Å². The molecule has 3 rings (SSSR count). The van der Waals surface area contributed by atoms with E-state index in [1.54, 1.807) is 18.2 Å². The van der Waals surface area contributed by atoms with Gasteiger partial charge in [0.05, 0.1) is 17.0 Å². The third-order valence-electron chi connectivity index (χ3n) is 4.25. The van der Waals surface area contributed by atoms with E-state index in [1.165, 1.54) is 4.31 Å². The maximum atomic E-state index is 12.2. The third kappa shape index (κ3) is 3.76. The number of nitrogens with zero attached hydrogens (tertiary/aromatic N) is 1. The second kappa shape index (κ2) is 6.76. The molecule has 1 saturated heterocycles. The average Bonchev–Trinajstić information content (AvgIpc) is 2.93. The van der Waals surface area contributed by atoms with Gasteiger partial charge in [-0.3, -0.25) is 4.31 Å². The smallest absolute Gasteiger partial charge is 0.335 e. The summed E-state index contributed by atoms with van der Waals surface area (Å²) in [7, 11) is -3.22. The number of anilines is 2. The molecule has 0 spiro atoms. The van der Waals surface area contributed by atoms with Gasteiger partial charge in [-0.1, -0.05) is 18.2 Å². The fourth-order valence-corrected chi connectivity index (χ4v) is 4.53. The summed E-state index contributed by atoms with van der Waals surface area (Å²) in [4.78, 5) is 11.0. The van der Waals surface area contributed by atoms with Crippen LogP contribution in [0.2, 0.25) is 0 Å². The Morgan fingerprint density at radius 1 is 1.24 bits per heavy atom. The first-order valence-corrected chi connectivity index (χ1v) is 9.65. The second-order valence-corrected chi connectivity index (χ2v) is 8.11. The van der Waals surface area contributed by atoms with Crippen molar-refractivity contribution in [3.05, 3.63) is 59.2 Å². The molecule has 132 valence electrons. The molecule has 2 N–H and O–H groups in total. The highest BCUT2D eigenvalue weighted by Crippen LogP contribution is 2.30. The number of rotatable bonds is 5. The number of carbonyl (C=O) groups is 1. The summed E-state index contributed by atoms with van der Waals surface area (Å²) in [6.45, 7) is 2.85. The fraction of sp³-hybridized carbons (Fsp3) is 0.278. The van der Waals surface area contributed by atoms with E-state index in [9.17, 15) is 13.2 Å². The highest BCUT2D eigenvalue weighted by molar-refractivity contribution is 7.93. The summed E-state index contributed by atoms with van der Waals surface area (Å²) >= 11 is 0. The standard InChI is InChI=1S/C18H20N2O4S/c1-13-6-7-16(11-17(13)20-8-3-9-25(20,23)24)19-12-14-4-2-5-15(10-14)18(21)22/h2,4-7,10-11,19H,3,8-9,12H2,1H3,(H,21,22). The van der Waals surface area contributed by atoms with Gasteiger partial charge in [0.2, 0.25) is 10.0 Å². The highest BCUT2D eigenvalue weighted by atomic mass is 32.2. The van der Waals surface area contributed by atoms with Crippen LogP contribution in [0, 0.1) is 6.92 Å². The van der Waals surface area contributed by atoms with Gasteiger partial charge in [-0.25, -0.2) is 13.2 Å². The molecule has 1 aliphatic heterocycles. The lowest BCUT2D eigenvalue weighted by Crippen LogP contribution is -2.25. The van der Waals surface area contributed by atoms with E-state index in [-0.39, 0.29) is 11.3 Å². The van der Waals surface area contributed by atoms with Gasteiger partial charge in [-0.05, 0) is 48.7 Å². The van der Waals surface area contributed by atoms with Crippen molar-refractivity contribution >= 4 is 27.4 Å². The molecule has 2 aromatic carbocycles. The van der Waals surface area contributed by atoms with Gasteiger partial charge in [0.15, 0.2) is 0 Å². The van der Waals surface area contributed by atoms with Crippen LogP contribution in [0.4, 0.5) is 11.4 Å². The normalized spacial score (nSPS) is 16.0. The molecule has 0 saturated carbocycles. The number of hydrogen-bond acceptors (Lipinski definition) is 4. The predicted molar refractivity (Wildman–Crippen MR) is 97.7 cm³/mol. The van der Waals surface area contributed by atoms with E-state index in [1.807, 2.05) is 31.2 Å². The SMILES string of the molecule is Cc1ccc(NCc2cccc(C(=O)O)c2)cc1N1CCCS1(=O)=O. The molecule has 2 aromatic rings. The lowest BCUT2D eigenvalue weighted by atomic mass is 10.1. The van der Waals surface area contributed by atoms with Crippen molar-refractivity contribution in [2.24, 2.45) is 0 Å². The second-order valence-electron chi connectivity index (χ2n) is 6.10. The zero-order valence-corrected chi connectivity index (χ0v) is 14.7. The minimum Gasteiger partial charge on any atom is -0.478 e. The molecule has 25 heavy (non-hydrogen) atoms. The van der Waals surface area contributed by atoms with Gasteiger partial charge in [0, 0.05) is 18.8 Å². The maximum absolute atomic E-state index is 12.2. The van der Waals surface area contributed by atoms with E-state index in [0.29, 0.717) is 25.2 Å². The van der Waals surface area contributed by atoms with E-state index >= 15 is 0 Å². The molecule has 0 amide bonds. The maximum Gasteiger partial charge on any atom is 0.335 e. The minimum atomic E-state index is -3.22. The number of aryl methyl sites for hydroxylation is 1. The molecule has 0 atom stereocenters. The van der Waals surface area contributed by atoms with Crippen molar-refractivity contribution in [3.8, 4) is 0 Å². The molecule has 1 aliphatic rings. The molecule has 0 aliphatic carbocycles. The number of benzene rings is 2. The minimum absolute atomic E-state index is 0.187. The third-order valence-corrected chi connectivity index (χ3v) is 6.10. The van der Waals surface area contributed by atoms with Crippen LogP contribution in [0.5, 0.6) is 0 Å². The van der Waals surface area contributed by atoms with Crippen molar-refractivity contribution in [3.63, 3.8) is 0 Å². The molecule has 0 unspecified atom stereocenters. The summed E-state index contributed by atoms with van der Waals surface area (Å²) in [5, 5.41) is 12.3. The Balaban J connectivity index is 1.79. The quantitative estimate of drug-likeness (QED) is 0.856. The number of carboxylic acids is 1. The number of carboxylic acid groups (broad SMARTS) is 1. The number of aromatic carboxylic acids is 1.